The zero-order chi connectivity index (χ0) is 12.0. The molecule has 2 atom stereocenters. The first-order chi connectivity index (χ1) is 7.58. The Morgan fingerprint density at radius 3 is 2.50 bits per heavy atom. The molecule has 0 aliphatic heterocycles. The van der Waals surface area contributed by atoms with E-state index in [2.05, 4.69) is 12.2 Å². The molecule has 0 heterocycles. The minimum Gasteiger partial charge on any atom is -0.470 e. The zero-order valence-corrected chi connectivity index (χ0v) is 10.2. The van der Waals surface area contributed by atoms with E-state index in [4.69, 9.17) is 4.74 Å². The second kappa shape index (κ2) is 5.87. The molecule has 3 heteroatoms. The van der Waals surface area contributed by atoms with E-state index in [-0.39, 0.29) is 0 Å². The molecule has 0 aromatic heterocycles. The first-order valence-corrected chi connectivity index (χ1v) is 5.75. The molecule has 0 fully saturated rings. The topological polar surface area (TPSA) is 41.5 Å². The molecule has 16 heavy (non-hydrogen) atoms. The van der Waals surface area contributed by atoms with Gasteiger partial charge in [-0.05, 0) is 38.9 Å². The van der Waals surface area contributed by atoms with E-state index in [9.17, 15) is 5.11 Å². The summed E-state index contributed by atoms with van der Waals surface area (Å²) in [6.07, 6.45) is 0.416. The summed E-state index contributed by atoms with van der Waals surface area (Å²) in [5.41, 5.74) is -0.739. The maximum Gasteiger partial charge on any atom is 0.183 e. The van der Waals surface area contributed by atoms with Crippen molar-refractivity contribution in [3.05, 3.63) is 30.3 Å². The number of aliphatic hydroxyl groups excluding tert-OH is 1. The Hall–Kier alpha value is -1.06. The minimum atomic E-state index is -0.739. The zero-order valence-electron chi connectivity index (χ0n) is 10.2. The molecule has 0 bridgehead atoms. The van der Waals surface area contributed by atoms with Gasteiger partial charge in [0.15, 0.2) is 5.72 Å². The van der Waals surface area contributed by atoms with E-state index >= 15 is 0 Å². The van der Waals surface area contributed by atoms with Gasteiger partial charge < -0.3 is 9.84 Å². The molecule has 90 valence electrons. The first-order valence-electron chi connectivity index (χ1n) is 5.75. The molecule has 0 spiro atoms. The third kappa shape index (κ3) is 3.51. The average Bonchev–Trinajstić information content (AvgIpc) is 2.27. The summed E-state index contributed by atoms with van der Waals surface area (Å²) in [6, 6.07) is 9.53. The van der Waals surface area contributed by atoms with E-state index in [1.807, 2.05) is 37.3 Å². The van der Waals surface area contributed by atoms with Crippen molar-refractivity contribution in [1.82, 2.24) is 5.32 Å². The quantitative estimate of drug-likeness (QED) is 0.726. The number of rotatable bonds is 6. The molecule has 1 aromatic carbocycles. The predicted octanol–water partition coefficient (Wildman–Crippen LogP) is 2.16. The lowest BCUT2D eigenvalue weighted by Crippen LogP contribution is -2.55. The minimum absolute atomic E-state index is 0.584. The van der Waals surface area contributed by atoms with Crippen molar-refractivity contribution in [1.29, 1.82) is 0 Å². The van der Waals surface area contributed by atoms with Crippen LogP contribution < -0.4 is 10.1 Å². The molecule has 0 aliphatic rings. The molecule has 0 aliphatic carbocycles. The van der Waals surface area contributed by atoms with Crippen LogP contribution in [0.2, 0.25) is 0 Å². The van der Waals surface area contributed by atoms with Crippen LogP contribution in [-0.2, 0) is 0 Å². The molecular weight excluding hydrogens is 202 g/mol. The second-order valence-corrected chi connectivity index (χ2v) is 4.12. The van der Waals surface area contributed by atoms with E-state index < -0.39 is 11.8 Å². The molecule has 0 radical (unpaired) electrons. The van der Waals surface area contributed by atoms with Crippen molar-refractivity contribution in [2.45, 2.75) is 39.0 Å². The van der Waals surface area contributed by atoms with Crippen LogP contribution in [0.3, 0.4) is 0 Å². The molecule has 3 nitrogen and oxygen atoms in total. The monoisotopic (exact) mass is 223 g/mol. The highest BCUT2D eigenvalue weighted by atomic mass is 16.5. The third-order valence-corrected chi connectivity index (χ3v) is 2.60. The summed E-state index contributed by atoms with van der Waals surface area (Å²) < 4.78 is 5.80. The van der Waals surface area contributed by atoms with Crippen LogP contribution in [0.15, 0.2) is 30.3 Å². The van der Waals surface area contributed by atoms with Crippen molar-refractivity contribution in [2.24, 2.45) is 0 Å². The molecule has 0 amide bonds. The number of para-hydroxylation sites is 1. The smallest absolute Gasteiger partial charge is 0.183 e. The number of hydrogen-bond donors (Lipinski definition) is 2. The van der Waals surface area contributed by atoms with Gasteiger partial charge >= 0.3 is 0 Å². The SMILES string of the molecule is CCCNC(C)(Oc1ccccc1)C(C)O. The van der Waals surface area contributed by atoms with Crippen molar-refractivity contribution in [3.8, 4) is 5.75 Å². The van der Waals surface area contributed by atoms with Crippen LogP contribution in [0, 0.1) is 0 Å². The highest BCUT2D eigenvalue weighted by Crippen LogP contribution is 2.19. The molecule has 1 aromatic rings. The maximum absolute atomic E-state index is 9.77. The maximum atomic E-state index is 9.77. The van der Waals surface area contributed by atoms with Crippen LogP contribution in [-0.4, -0.2) is 23.5 Å². The van der Waals surface area contributed by atoms with E-state index in [1.54, 1.807) is 6.92 Å². The Kier molecular flexibility index (Phi) is 4.77. The van der Waals surface area contributed by atoms with Crippen LogP contribution in [0.1, 0.15) is 27.2 Å². The summed E-state index contributed by atoms with van der Waals surface area (Å²) in [4.78, 5) is 0. The van der Waals surface area contributed by atoms with Gasteiger partial charge in [0.2, 0.25) is 0 Å². The van der Waals surface area contributed by atoms with Gasteiger partial charge in [-0.1, -0.05) is 25.1 Å². The van der Waals surface area contributed by atoms with Gasteiger partial charge in [0.05, 0.1) is 0 Å². The summed E-state index contributed by atoms with van der Waals surface area (Å²) in [5, 5.41) is 13.0. The standard InChI is InChI=1S/C13H21NO2/c1-4-10-14-13(3,11(2)15)16-12-8-6-5-7-9-12/h5-9,11,14-15H,4,10H2,1-3H3. The molecule has 2 N–H and O–H groups in total. The molecule has 0 saturated heterocycles. The average molecular weight is 223 g/mol. The number of nitrogens with one attached hydrogen (secondary N) is 1. The Balaban J connectivity index is 2.71. The molecule has 1 rings (SSSR count). The normalized spacial score (nSPS) is 16.5. The highest BCUT2D eigenvalue weighted by Gasteiger charge is 2.31. The molecule has 2 unspecified atom stereocenters. The number of hydrogen-bond acceptors (Lipinski definition) is 3. The van der Waals surface area contributed by atoms with Crippen LogP contribution in [0.5, 0.6) is 5.75 Å². The fraction of sp³-hybridized carbons (Fsp3) is 0.538. The van der Waals surface area contributed by atoms with Crippen LogP contribution >= 0.6 is 0 Å². The van der Waals surface area contributed by atoms with Crippen LogP contribution in [0.25, 0.3) is 0 Å². The summed E-state index contributed by atoms with van der Waals surface area (Å²) in [7, 11) is 0. The fourth-order valence-electron chi connectivity index (χ4n) is 1.38. The van der Waals surface area contributed by atoms with Gasteiger partial charge in [-0.2, -0.15) is 0 Å². The van der Waals surface area contributed by atoms with E-state index in [0.717, 1.165) is 18.7 Å². The van der Waals surface area contributed by atoms with Gasteiger partial charge in [0, 0.05) is 0 Å². The largest absolute Gasteiger partial charge is 0.470 e. The fourth-order valence-corrected chi connectivity index (χ4v) is 1.38. The summed E-state index contributed by atoms with van der Waals surface area (Å²) >= 11 is 0. The lowest BCUT2D eigenvalue weighted by Gasteiger charge is -2.34. The van der Waals surface area contributed by atoms with E-state index in [1.165, 1.54) is 0 Å². The predicted molar refractivity (Wildman–Crippen MR) is 65.4 cm³/mol. The Bertz CT molecular complexity index is 300. The number of benzene rings is 1. The van der Waals surface area contributed by atoms with Crippen molar-refractivity contribution in [2.75, 3.05) is 6.54 Å². The van der Waals surface area contributed by atoms with Gasteiger partial charge in [0.25, 0.3) is 0 Å². The summed E-state index contributed by atoms with van der Waals surface area (Å²) in [6.45, 7) is 6.48. The van der Waals surface area contributed by atoms with Gasteiger partial charge in [-0.25, -0.2) is 0 Å². The Morgan fingerprint density at radius 1 is 1.38 bits per heavy atom. The Labute approximate surface area is 97.4 Å². The molecular formula is C13H21NO2. The van der Waals surface area contributed by atoms with Gasteiger partial charge in [-0.15, -0.1) is 0 Å². The van der Waals surface area contributed by atoms with Crippen molar-refractivity contribution >= 4 is 0 Å². The lowest BCUT2D eigenvalue weighted by atomic mass is 10.1. The number of ether oxygens (including phenoxy) is 1. The lowest BCUT2D eigenvalue weighted by molar-refractivity contribution is -0.0558. The first kappa shape index (κ1) is 13.0. The van der Waals surface area contributed by atoms with Gasteiger partial charge in [-0.3, -0.25) is 5.32 Å². The second-order valence-electron chi connectivity index (χ2n) is 4.12. The van der Waals surface area contributed by atoms with Gasteiger partial charge in [0.1, 0.15) is 11.9 Å². The number of aliphatic hydroxyl groups is 1. The van der Waals surface area contributed by atoms with Crippen LogP contribution in [0.4, 0.5) is 0 Å². The van der Waals surface area contributed by atoms with Crippen molar-refractivity contribution < 1.29 is 9.84 Å². The molecule has 0 saturated carbocycles. The highest BCUT2D eigenvalue weighted by molar-refractivity contribution is 5.22. The van der Waals surface area contributed by atoms with Crippen molar-refractivity contribution in [3.63, 3.8) is 0 Å². The Morgan fingerprint density at radius 2 is 2.00 bits per heavy atom. The third-order valence-electron chi connectivity index (χ3n) is 2.60. The summed E-state index contributed by atoms with van der Waals surface area (Å²) in [5.74, 6) is 0.759. The van der Waals surface area contributed by atoms with E-state index in [0.29, 0.717) is 0 Å².